The van der Waals surface area contributed by atoms with Crippen molar-refractivity contribution in [3.8, 4) is 0 Å². The molecule has 0 heterocycles. The molecule has 0 saturated carbocycles. The third kappa shape index (κ3) is 884. The summed E-state index contributed by atoms with van der Waals surface area (Å²) < 4.78 is 102. The van der Waals surface area contributed by atoms with Gasteiger partial charge in [-0.2, -0.15) is 0 Å². The van der Waals surface area contributed by atoms with Gasteiger partial charge in [-0.15, -0.1) is 0 Å². The quantitative estimate of drug-likeness (QED) is 0.126. The molecule has 0 saturated heterocycles. The van der Waals surface area contributed by atoms with Gasteiger partial charge in [-0.1, -0.05) is 0 Å². The third-order valence-corrected chi connectivity index (χ3v) is 0. The Balaban J connectivity index is -0.0000000206. The van der Waals surface area contributed by atoms with Gasteiger partial charge in [0.15, 0.2) is 0 Å². The first-order chi connectivity index (χ1) is 6.00. The molecule has 0 aliphatic carbocycles. The number of rotatable bonds is 0. The van der Waals surface area contributed by atoms with Crippen LogP contribution in [0.3, 0.4) is 0 Å². The van der Waals surface area contributed by atoms with E-state index in [-0.39, 0.29) is 107 Å². The predicted octanol–water partition coefficient (Wildman–Crippen LogP) is -5.28. The fourth-order valence-electron chi connectivity index (χ4n) is 0. The standard InChI is InChI=1S/Ba.2Bi.3H2O4S.O/c;;;3*1-5(2,3)4;/h;;;3*(H2,1,2,3,4);/q+2;2*+3;;;;-2/p-6. The molecular weight excluding hydrogens is 859 g/mol. The second-order valence-electron chi connectivity index (χ2n) is 1.22. The molecule has 0 rings (SSSR count). The Labute approximate surface area is 187 Å². The van der Waals surface area contributed by atoms with Crippen LogP contribution in [0.2, 0.25) is 0 Å². The van der Waals surface area contributed by atoms with E-state index in [1.807, 2.05) is 0 Å². The summed E-state index contributed by atoms with van der Waals surface area (Å²) in [6, 6.07) is 0. The Kier molecular flexibility index (Phi) is 43.0. The third-order valence-electron chi connectivity index (χ3n) is 0. The molecule has 19 heteroatoms. The molecule has 0 amide bonds. The Morgan fingerprint density at radius 2 is 0.474 bits per heavy atom. The van der Waals surface area contributed by atoms with Crippen LogP contribution in [-0.2, 0) is 36.7 Å². The zero-order valence-electron chi connectivity index (χ0n) is 8.13. The van der Waals surface area contributed by atoms with Gasteiger partial charge in [0.05, 0.1) is 0 Å². The van der Waals surface area contributed by atoms with Gasteiger partial charge < -0.3 is 32.8 Å². The van der Waals surface area contributed by atoms with Crippen LogP contribution in [0.15, 0.2) is 0 Å². The van der Waals surface area contributed by atoms with Crippen LogP contribution in [0.4, 0.5) is 0 Å². The largest absolute Gasteiger partial charge is 3.00 e. The first-order valence-corrected chi connectivity index (χ1v) is 6.00. The van der Waals surface area contributed by atoms with Gasteiger partial charge in [-0.25, -0.2) is 0 Å². The first-order valence-electron chi connectivity index (χ1n) is 2.00. The smallest absolute Gasteiger partial charge is 2.00 e. The molecule has 0 N–H and O–H groups in total. The Morgan fingerprint density at radius 3 is 0.474 bits per heavy atom. The minimum atomic E-state index is -5.17. The van der Waals surface area contributed by atoms with E-state index in [0.29, 0.717) is 0 Å². The maximum Gasteiger partial charge on any atom is 3.00 e. The van der Waals surface area contributed by atoms with Crippen LogP contribution in [0.1, 0.15) is 0 Å². The van der Waals surface area contributed by atoms with Gasteiger partial charge >= 0.3 is 101 Å². The van der Waals surface area contributed by atoms with Crippen LogP contribution in [0.5, 0.6) is 0 Å². The van der Waals surface area contributed by atoms with Crippen molar-refractivity contribution in [3.63, 3.8) is 0 Å². The van der Waals surface area contributed by atoms with Gasteiger partial charge in [0, 0.05) is 31.2 Å². The van der Waals surface area contributed by atoms with Gasteiger partial charge in [0.2, 0.25) is 0 Å². The van der Waals surface area contributed by atoms with E-state index >= 15 is 0 Å². The number of hydrogen-bond acceptors (Lipinski definition) is 12. The SMILES string of the molecule is O=S(=O)([O-])[O-].O=S(=O)([O-])[O-].O=S(=O)([O-])[O-].[Ba+2].[Bi+3].[Bi+3].[O-2]. The van der Waals surface area contributed by atoms with Crippen molar-refractivity contribution in [1.82, 2.24) is 0 Å². The normalized spacial score (nSPS) is 9.16. The molecule has 0 aromatic heterocycles. The molecule has 0 aromatic carbocycles. The molecule has 0 spiro atoms. The van der Waals surface area contributed by atoms with Gasteiger partial charge in [-0.05, 0) is 0 Å². The fourth-order valence-corrected chi connectivity index (χ4v) is 0. The summed E-state index contributed by atoms with van der Waals surface area (Å²) in [6.45, 7) is 0. The van der Waals surface area contributed by atoms with Gasteiger partial charge in [0.1, 0.15) is 0 Å². The Hall–Kier alpha value is 2.91. The zero-order valence-corrected chi connectivity index (χ0v) is 22.0. The molecule has 19 heavy (non-hydrogen) atoms. The average Bonchev–Trinajstić information content (AvgIpc) is 1.41. The summed E-state index contributed by atoms with van der Waals surface area (Å²) in [5.41, 5.74) is 0. The summed E-state index contributed by atoms with van der Waals surface area (Å²) >= 11 is 0. The molecule has 0 bridgehead atoms. The summed E-state index contributed by atoms with van der Waals surface area (Å²) in [7, 11) is -15.5. The van der Waals surface area contributed by atoms with E-state index in [0.717, 1.165) is 0 Å². The number of hydrogen-bond donors (Lipinski definition) is 0. The summed E-state index contributed by atoms with van der Waals surface area (Å²) in [4.78, 5) is 0. The first kappa shape index (κ1) is 43.1. The molecule has 13 nitrogen and oxygen atoms in total. The van der Waals surface area contributed by atoms with Crippen LogP contribution < -0.4 is 0 Å². The molecule has 0 aliphatic rings. The Bertz CT molecular complexity index is 347. The van der Waals surface area contributed by atoms with Crippen molar-refractivity contribution in [2.24, 2.45) is 0 Å². The maximum atomic E-state index is 8.52. The van der Waals surface area contributed by atoms with Crippen molar-refractivity contribution in [3.05, 3.63) is 0 Å². The molecule has 0 atom stereocenters. The second kappa shape index (κ2) is 19.0. The van der Waals surface area contributed by atoms with Crippen LogP contribution in [0, 0.1) is 0 Å². The minimum Gasteiger partial charge on any atom is -2.00 e. The van der Waals surface area contributed by atoms with E-state index < -0.39 is 31.2 Å². The molecule has 0 fully saturated rings. The molecule has 0 unspecified atom stereocenters. The molecule has 4 radical (unpaired) electrons. The van der Waals surface area contributed by atoms with Crippen LogP contribution in [-0.4, -0.2) is 154 Å². The predicted molar refractivity (Wildman–Crippen MR) is 49.4 cm³/mol. The van der Waals surface area contributed by atoms with Crippen molar-refractivity contribution >= 4 is 132 Å². The minimum absolute atomic E-state index is 0. The molecule has 0 aromatic rings. The van der Waals surface area contributed by atoms with Gasteiger partial charge in [-0.3, -0.25) is 25.3 Å². The van der Waals surface area contributed by atoms with Crippen LogP contribution >= 0.6 is 0 Å². The van der Waals surface area contributed by atoms with Crippen molar-refractivity contribution in [1.29, 1.82) is 0 Å². The van der Waals surface area contributed by atoms with Crippen LogP contribution in [0.25, 0.3) is 0 Å². The fraction of sp³-hybridized carbons (Fsp3) is 0. The summed E-state index contributed by atoms with van der Waals surface area (Å²) in [6.07, 6.45) is 0. The topological polar surface area (TPSA) is 269 Å². The van der Waals surface area contributed by atoms with E-state index in [4.69, 9.17) is 52.6 Å². The summed E-state index contributed by atoms with van der Waals surface area (Å²) in [5, 5.41) is 0. The van der Waals surface area contributed by atoms with Gasteiger partial charge in [0.25, 0.3) is 0 Å². The maximum absolute atomic E-state index is 8.52. The van der Waals surface area contributed by atoms with Crippen molar-refractivity contribution in [2.45, 2.75) is 0 Å². The monoisotopic (exact) mass is 860 g/mol. The zero-order chi connectivity index (χ0) is 13.5. The summed E-state index contributed by atoms with van der Waals surface area (Å²) in [5.74, 6) is 0. The molecule has 0 aliphatic heterocycles. The average molecular weight is 859 g/mol. The van der Waals surface area contributed by atoms with E-state index in [1.165, 1.54) is 0 Å². The molecule has 108 valence electrons. The van der Waals surface area contributed by atoms with Crippen molar-refractivity contribution < 1.29 is 58.0 Å². The van der Waals surface area contributed by atoms with E-state index in [1.54, 1.807) is 0 Å². The second-order valence-corrected chi connectivity index (χ2v) is 3.67. The molecular formula is BaBi2O13S3. The Morgan fingerprint density at radius 1 is 0.474 bits per heavy atom. The van der Waals surface area contributed by atoms with Crippen molar-refractivity contribution in [2.75, 3.05) is 0 Å². The van der Waals surface area contributed by atoms with E-state index in [2.05, 4.69) is 0 Å². The van der Waals surface area contributed by atoms with E-state index in [9.17, 15) is 0 Å².